The van der Waals surface area contributed by atoms with Gasteiger partial charge >= 0.3 is 0 Å². The van der Waals surface area contributed by atoms with Gasteiger partial charge in [0.05, 0.1) is 0 Å². The highest BCUT2D eigenvalue weighted by molar-refractivity contribution is 5.22. The van der Waals surface area contributed by atoms with Gasteiger partial charge in [0.15, 0.2) is 0 Å². The van der Waals surface area contributed by atoms with Gasteiger partial charge in [-0.1, -0.05) is 25.5 Å². The van der Waals surface area contributed by atoms with Crippen LogP contribution in [-0.2, 0) is 0 Å². The Kier molecular flexibility index (Phi) is 3.38. The number of hydrogen-bond donors (Lipinski definition) is 1. The fourth-order valence-corrected chi connectivity index (χ4v) is 3.23. The van der Waals surface area contributed by atoms with Crippen molar-refractivity contribution in [2.75, 3.05) is 0 Å². The first-order chi connectivity index (χ1) is 8.74. The van der Waals surface area contributed by atoms with Crippen molar-refractivity contribution in [1.82, 2.24) is 5.32 Å². The van der Waals surface area contributed by atoms with E-state index in [0.29, 0.717) is 12.1 Å². The zero-order valence-electron chi connectivity index (χ0n) is 11.0. The zero-order chi connectivity index (χ0) is 12.5. The topological polar surface area (TPSA) is 12.0 Å². The highest BCUT2D eigenvalue weighted by Crippen LogP contribution is 2.42. The minimum Gasteiger partial charge on any atom is -0.307 e. The van der Waals surface area contributed by atoms with Gasteiger partial charge < -0.3 is 5.32 Å². The van der Waals surface area contributed by atoms with E-state index in [4.69, 9.17) is 0 Å². The first-order valence-electron chi connectivity index (χ1n) is 7.25. The molecule has 1 aromatic carbocycles. The highest BCUT2D eigenvalue weighted by Gasteiger charge is 2.35. The normalized spacial score (nSPS) is 29.4. The van der Waals surface area contributed by atoms with E-state index >= 15 is 0 Å². The molecule has 3 rings (SSSR count). The lowest BCUT2D eigenvalue weighted by Gasteiger charge is -2.26. The van der Waals surface area contributed by atoms with E-state index in [0.717, 1.165) is 11.8 Å². The van der Waals surface area contributed by atoms with Crippen LogP contribution in [-0.4, -0.2) is 6.04 Å². The van der Waals surface area contributed by atoms with E-state index in [-0.39, 0.29) is 5.82 Å². The molecule has 3 unspecified atom stereocenters. The van der Waals surface area contributed by atoms with Crippen LogP contribution in [0.25, 0.3) is 0 Å². The van der Waals surface area contributed by atoms with E-state index in [9.17, 15) is 4.39 Å². The molecule has 0 radical (unpaired) electrons. The highest BCUT2D eigenvalue weighted by atomic mass is 19.1. The Bertz CT molecular complexity index is 396. The maximum absolute atomic E-state index is 13.0. The van der Waals surface area contributed by atoms with Crippen LogP contribution in [0.1, 0.15) is 50.6 Å². The second-order valence-corrected chi connectivity index (χ2v) is 6.05. The van der Waals surface area contributed by atoms with Crippen LogP contribution in [0.2, 0.25) is 0 Å². The van der Waals surface area contributed by atoms with E-state index in [1.54, 1.807) is 12.1 Å². The first-order valence-corrected chi connectivity index (χ1v) is 7.25. The van der Waals surface area contributed by atoms with Crippen molar-refractivity contribution in [2.45, 2.75) is 51.1 Å². The molecule has 98 valence electrons. The molecule has 2 heteroatoms. The summed E-state index contributed by atoms with van der Waals surface area (Å²) in [7, 11) is 0. The summed E-state index contributed by atoms with van der Waals surface area (Å²) in [6, 6.07) is 8.17. The van der Waals surface area contributed by atoms with Crippen molar-refractivity contribution in [3.05, 3.63) is 35.6 Å². The Labute approximate surface area is 109 Å². The fraction of sp³-hybridized carbons (Fsp3) is 0.625. The molecule has 2 aliphatic rings. The predicted octanol–water partition coefficient (Wildman–Crippen LogP) is 4.06. The molecule has 1 nitrogen and oxygen atoms in total. The average Bonchev–Trinajstić information content (AvgIpc) is 3.12. The molecule has 18 heavy (non-hydrogen) atoms. The zero-order valence-corrected chi connectivity index (χ0v) is 11.0. The molecular weight excluding hydrogens is 225 g/mol. The van der Waals surface area contributed by atoms with E-state index < -0.39 is 0 Å². The van der Waals surface area contributed by atoms with Gasteiger partial charge in [0.1, 0.15) is 5.82 Å². The van der Waals surface area contributed by atoms with Crippen LogP contribution < -0.4 is 5.32 Å². The number of nitrogens with one attached hydrogen (secondary N) is 1. The van der Waals surface area contributed by atoms with E-state index in [1.165, 1.54) is 37.7 Å². The molecule has 3 atom stereocenters. The summed E-state index contributed by atoms with van der Waals surface area (Å²) in [6.45, 7) is 2.35. The average molecular weight is 247 g/mol. The first kappa shape index (κ1) is 12.2. The second kappa shape index (κ2) is 5.00. The molecule has 0 aliphatic heterocycles. The van der Waals surface area contributed by atoms with E-state index in [2.05, 4.69) is 12.2 Å². The number of halogens is 1. The lowest BCUT2D eigenvalue weighted by atomic mass is 9.98. The molecule has 0 heterocycles. The molecule has 1 aromatic rings. The van der Waals surface area contributed by atoms with Gasteiger partial charge in [-0.05, 0) is 55.2 Å². The van der Waals surface area contributed by atoms with Crippen molar-refractivity contribution in [2.24, 2.45) is 11.8 Å². The third-order valence-electron chi connectivity index (χ3n) is 4.58. The SMILES string of the molecule is CC1CCCC1NC(c1ccc(F)cc1)C1CC1. The molecular formula is C16H22FN. The molecule has 0 saturated heterocycles. The molecule has 2 saturated carbocycles. The van der Waals surface area contributed by atoms with E-state index in [1.807, 2.05) is 12.1 Å². The standard InChI is InChI=1S/C16H22FN/c1-11-3-2-4-15(11)18-16(12-5-6-12)13-7-9-14(17)10-8-13/h7-12,15-16,18H,2-6H2,1H3. The number of rotatable bonds is 4. The lowest BCUT2D eigenvalue weighted by molar-refractivity contribution is 0.353. The summed E-state index contributed by atoms with van der Waals surface area (Å²) in [6.07, 6.45) is 6.62. The Morgan fingerprint density at radius 2 is 1.83 bits per heavy atom. The quantitative estimate of drug-likeness (QED) is 0.846. The summed E-state index contributed by atoms with van der Waals surface area (Å²) in [5.41, 5.74) is 1.26. The molecule has 0 amide bonds. The van der Waals surface area contributed by atoms with Crippen LogP contribution in [0, 0.1) is 17.7 Å². The van der Waals surface area contributed by atoms with Gasteiger partial charge in [-0.2, -0.15) is 0 Å². The van der Waals surface area contributed by atoms with Crippen LogP contribution in [0.3, 0.4) is 0 Å². The van der Waals surface area contributed by atoms with Gasteiger partial charge in [0.2, 0.25) is 0 Å². The summed E-state index contributed by atoms with van der Waals surface area (Å²) < 4.78 is 13.0. The number of hydrogen-bond acceptors (Lipinski definition) is 1. The Morgan fingerprint density at radius 1 is 1.11 bits per heavy atom. The van der Waals surface area contributed by atoms with Gasteiger partial charge in [0.25, 0.3) is 0 Å². The third-order valence-corrected chi connectivity index (χ3v) is 4.58. The monoisotopic (exact) mass is 247 g/mol. The van der Waals surface area contributed by atoms with Crippen molar-refractivity contribution in [3.63, 3.8) is 0 Å². The van der Waals surface area contributed by atoms with Gasteiger partial charge in [0, 0.05) is 12.1 Å². The van der Waals surface area contributed by atoms with Crippen molar-refractivity contribution in [3.8, 4) is 0 Å². The molecule has 0 aromatic heterocycles. The molecule has 1 N–H and O–H groups in total. The second-order valence-electron chi connectivity index (χ2n) is 6.05. The largest absolute Gasteiger partial charge is 0.307 e. The van der Waals surface area contributed by atoms with Crippen molar-refractivity contribution < 1.29 is 4.39 Å². The van der Waals surface area contributed by atoms with Crippen LogP contribution >= 0.6 is 0 Å². The lowest BCUT2D eigenvalue weighted by Crippen LogP contribution is -2.35. The maximum atomic E-state index is 13.0. The molecule has 2 fully saturated rings. The van der Waals surface area contributed by atoms with Crippen molar-refractivity contribution in [1.29, 1.82) is 0 Å². The third kappa shape index (κ3) is 2.59. The molecule has 2 aliphatic carbocycles. The Hall–Kier alpha value is -0.890. The summed E-state index contributed by atoms with van der Waals surface area (Å²) in [4.78, 5) is 0. The Balaban J connectivity index is 1.73. The predicted molar refractivity (Wildman–Crippen MR) is 71.8 cm³/mol. The minimum absolute atomic E-state index is 0.137. The van der Waals surface area contributed by atoms with Crippen LogP contribution in [0.4, 0.5) is 4.39 Å². The smallest absolute Gasteiger partial charge is 0.123 e. The van der Waals surface area contributed by atoms with Gasteiger partial charge in [-0.25, -0.2) is 4.39 Å². The van der Waals surface area contributed by atoms with Crippen LogP contribution in [0.15, 0.2) is 24.3 Å². The maximum Gasteiger partial charge on any atom is 0.123 e. The molecule has 0 spiro atoms. The summed E-state index contributed by atoms with van der Waals surface area (Å²) >= 11 is 0. The van der Waals surface area contributed by atoms with Gasteiger partial charge in [-0.15, -0.1) is 0 Å². The number of benzene rings is 1. The summed E-state index contributed by atoms with van der Waals surface area (Å²) in [5, 5.41) is 3.84. The minimum atomic E-state index is -0.137. The van der Waals surface area contributed by atoms with Crippen LogP contribution in [0.5, 0.6) is 0 Å². The Morgan fingerprint density at radius 3 is 2.39 bits per heavy atom. The summed E-state index contributed by atoms with van der Waals surface area (Å²) in [5.74, 6) is 1.41. The van der Waals surface area contributed by atoms with Gasteiger partial charge in [-0.3, -0.25) is 0 Å². The fourth-order valence-electron chi connectivity index (χ4n) is 3.23. The molecule has 0 bridgehead atoms. The van der Waals surface area contributed by atoms with Crippen molar-refractivity contribution >= 4 is 0 Å².